The maximum absolute atomic E-state index is 12.2. The minimum Gasteiger partial charge on any atom is -0.317 e. The lowest BCUT2D eigenvalue weighted by molar-refractivity contribution is 0.262. The summed E-state index contributed by atoms with van der Waals surface area (Å²) < 4.78 is 0. The molecule has 0 aliphatic carbocycles. The monoisotopic (exact) mass is 367 g/mol. The van der Waals surface area contributed by atoms with Crippen molar-refractivity contribution in [2.75, 3.05) is 22.1 Å². The summed E-state index contributed by atoms with van der Waals surface area (Å²) in [4.78, 5) is 14.2. The Morgan fingerprint density at radius 2 is 1.73 bits per heavy atom. The zero-order valence-electron chi connectivity index (χ0n) is 14.8. The van der Waals surface area contributed by atoms with Crippen LogP contribution in [-0.2, 0) is 6.42 Å². The predicted octanol–water partition coefficient (Wildman–Crippen LogP) is 4.90. The molecule has 0 unspecified atom stereocenters. The number of hydrogen-bond donors (Lipinski definition) is 2. The van der Waals surface area contributed by atoms with Crippen LogP contribution in [0.4, 0.5) is 26.4 Å². The molecule has 2 aromatic carbocycles. The highest BCUT2D eigenvalue weighted by atomic mass is 32.1. The van der Waals surface area contributed by atoms with E-state index in [1.54, 1.807) is 0 Å². The van der Waals surface area contributed by atoms with Crippen molar-refractivity contribution in [1.82, 2.24) is 10.2 Å². The van der Waals surface area contributed by atoms with Crippen LogP contribution < -0.4 is 15.5 Å². The number of rotatable bonds is 6. The van der Waals surface area contributed by atoms with E-state index in [1.165, 1.54) is 16.9 Å². The Balaban J connectivity index is 1.64. The standard InChI is InChI=1S/C19H21N5OS/c1-3-14-10-12-15(13-11-14)20-17(25)21-18-22-23-19(26-18)24(4-2)16-8-6-5-7-9-16/h5-13H,3-4H2,1-2H3,(H2,20,21,22,25). The van der Waals surface area contributed by atoms with E-state index in [9.17, 15) is 4.79 Å². The fraction of sp³-hybridized carbons (Fsp3) is 0.211. The quantitative estimate of drug-likeness (QED) is 0.650. The number of carbonyl (C=O) groups excluding carboxylic acids is 1. The smallest absolute Gasteiger partial charge is 0.317 e. The van der Waals surface area contributed by atoms with E-state index < -0.39 is 0 Å². The van der Waals surface area contributed by atoms with Gasteiger partial charge in [0.2, 0.25) is 10.3 Å². The van der Waals surface area contributed by atoms with Crippen LogP contribution in [0.3, 0.4) is 0 Å². The number of hydrogen-bond acceptors (Lipinski definition) is 5. The first kappa shape index (κ1) is 17.9. The molecule has 134 valence electrons. The van der Waals surface area contributed by atoms with Gasteiger partial charge in [0, 0.05) is 17.9 Å². The molecule has 0 saturated carbocycles. The van der Waals surface area contributed by atoms with Crippen LogP contribution in [0.2, 0.25) is 0 Å². The number of nitrogens with one attached hydrogen (secondary N) is 2. The van der Waals surface area contributed by atoms with E-state index in [-0.39, 0.29) is 6.03 Å². The summed E-state index contributed by atoms with van der Waals surface area (Å²) in [6.07, 6.45) is 0.968. The molecule has 1 aromatic heterocycles. The van der Waals surface area contributed by atoms with Crippen molar-refractivity contribution in [3.8, 4) is 0 Å². The highest BCUT2D eigenvalue weighted by Crippen LogP contribution is 2.30. The number of urea groups is 1. The van der Waals surface area contributed by atoms with E-state index in [4.69, 9.17) is 0 Å². The van der Waals surface area contributed by atoms with Crippen LogP contribution in [-0.4, -0.2) is 22.8 Å². The van der Waals surface area contributed by atoms with Crippen molar-refractivity contribution < 1.29 is 4.79 Å². The van der Waals surface area contributed by atoms with E-state index in [0.29, 0.717) is 5.13 Å². The van der Waals surface area contributed by atoms with Crippen molar-refractivity contribution >= 4 is 39.0 Å². The van der Waals surface area contributed by atoms with Crippen molar-refractivity contribution in [3.63, 3.8) is 0 Å². The zero-order valence-corrected chi connectivity index (χ0v) is 15.6. The summed E-state index contributed by atoms with van der Waals surface area (Å²) in [5.74, 6) is 0. The van der Waals surface area contributed by atoms with Crippen molar-refractivity contribution in [2.24, 2.45) is 0 Å². The molecule has 7 heteroatoms. The normalized spacial score (nSPS) is 10.4. The molecule has 3 rings (SSSR count). The minimum absolute atomic E-state index is 0.334. The van der Waals surface area contributed by atoms with Gasteiger partial charge in [0.1, 0.15) is 0 Å². The Hall–Kier alpha value is -2.93. The van der Waals surface area contributed by atoms with Gasteiger partial charge in [-0.3, -0.25) is 5.32 Å². The van der Waals surface area contributed by atoms with Crippen LogP contribution in [0.25, 0.3) is 0 Å². The van der Waals surface area contributed by atoms with Gasteiger partial charge in [-0.05, 0) is 43.2 Å². The Bertz CT molecular complexity index is 848. The summed E-state index contributed by atoms with van der Waals surface area (Å²) in [7, 11) is 0. The number of nitrogens with zero attached hydrogens (tertiary/aromatic N) is 3. The molecule has 0 radical (unpaired) electrons. The van der Waals surface area contributed by atoms with Crippen LogP contribution in [0.1, 0.15) is 19.4 Å². The topological polar surface area (TPSA) is 70.1 Å². The van der Waals surface area contributed by atoms with Crippen LogP contribution in [0.15, 0.2) is 54.6 Å². The van der Waals surface area contributed by atoms with Gasteiger partial charge >= 0.3 is 6.03 Å². The lowest BCUT2D eigenvalue weighted by atomic mass is 10.1. The highest BCUT2D eigenvalue weighted by Gasteiger charge is 2.14. The van der Waals surface area contributed by atoms with E-state index >= 15 is 0 Å². The van der Waals surface area contributed by atoms with Gasteiger partial charge in [-0.15, -0.1) is 10.2 Å². The van der Waals surface area contributed by atoms with Crippen LogP contribution in [0, 0.1) is 0 Å². The van der Waals surface area contributed by atoms with Gasteiger partial charge in [-0.2, -0.15) is 0 Å². The second-order valence-corrected chi connectivity index (χ2v) is 6.56. The molecule has 3 aromatic rings. The first-order valence-corrected chi connectivity index (χ1v) is 9.34. The Labute approximate surface area is 156 Å². The molecule has 6 nitrogen and oxygen atoms in total. The van der Waals surface area contributed by atoms with Crippen molar-refractivity contribution in [1.29, 1.82) is 0 Å². The van der Waals surface area contributed by atoms with Gasteiger partial charge in [0.15, 0.2) is 0 Å². The number of amides is 2. The Morgan fingerprint density at radius 3 is 2.38 bits per heavy atom. The van der Waals surface area contributed by atoms with Gasteiger partial charge in [0.05, 0.1) is 0 Å². The Kier molecular flexibility index (Phi) is 5.80. The number of anilines is 4. The first-order valence-electron chi connectivity index (χ1n) is 8.52. The van der Waals surface area contributed by atoms with Crippen LogP contribution >= 0.6 is 11.3 Å². The Morgan fingerprint density at radius 1 is 1.00 bits per heavy atom. The SMILES string of the molecule is CCc1ccc(NC(=O)Nc2nnc(N(CC)c3ccccc3)s2)cc1. The van der Waals surface area contributed by atoms with E-state index in [0.717, 1.165) is 29.5 Å². The molecular formula is C19H21N5OS. The van der Waals surface area contributed by atoms with Crippen molar-refractivity contribution in [3.05, 3.63) is 60.2 Å². The second kappa shape index (κ2) is 8.44. The lowest BCUT2D eigenvalue weighted by Gasteiger charge is -2.18. The van der Waals surface area contributed by atoms with Gasteiger partial charge in [-0.1, -0.05) is 48.6 Å². The summed E-state index contributed by atoms with van der Waals surface area (Å²) >= 11 is 1.34. The largest absolute Gasteiger partial charge is 0.325 e. The molecule has 0 aliphatic heterocycles. The number of benzene rings is 2. The summed E-state index contributed by atoms with van der Waals surface area (Å²) in [6, 6.07) is 17.4. The summed E-state index contributed by atoms with van der Waals surface area (Å²) in [5, 5.41) is 15.0. The number of para-hydroxylation sites is 1. The fourth-order valence-corrected chi connectivity index (χ4v) is 3.32. The summed E-state index contributed by atoms with van der Waals surface area (Å²) in [5.41, 5.74) is 3.01. The minimum atomic E-state index is -0.334. The molecule has 0 fully saturated rings. The second-order valence-electron chi connectivity index (χ2n) is 5.60. The third-order valence-corrected chi connectivity index (χ3v) is 4.73. The maximum Gasteiger partial charge on any atom is 0.325 e. The molecule has 26 heavy (non-hydrogen) atoms. The molecule has 0 spiro atoms. The average Bonchev–Trinajstić information content (AvgIpc) is 3.12. The molecule has 2 N–H and O–H groups in total. The first-order chi connectivity index (χ1) is 12.7. The van der Waals surface area contributed by atoms with E-state index in [2.05, 4.69) is 27.8 Å². The predicted molar refractivity (Wildman–Crippen MR) is 107 cm³/mol. The third kappa shape index (κ3) is 4.37. The van der Waals surface area contributed by atoms with Crippen LogP contribution in [0.5, 0.6) is 0 Å². The number of aryl methyl sites for hydroxylation is 1. The molecule has 0 saturated heterocycles. The molecular weight excluding hydrogens is 346 g/mol. The highest BCUT2D eigenvalue weighted by molar-refractivity contribution is 7.19. The number of carbonyl (C=O) groups is 1. The third-order valence-electron chi connectivity index (χ3n) is 3.87. The molecule has 0 aliphatic rings. The van der Waals surface area contributed by atoms with Gasteiger partial charge in [-0.25, -0.2) is 4.79 Å². The fourth-order valence-electron chi connectivity index (χ4n) is 2.49. The number of aromatic nitrogens is 2. The van der Waals surface area contributed by atoms with Gasteiger partial charge < -0.3 is 10.2 Å². The molecule has 2 amide bonds. The zero-order chi connectivity index (χ0) is 18.4. The molecule has 0 bridgehead atoms. The average molecular weight is 367 g/mol. The molecule has 0 atom stereocenters. The van der Waals surface area contributed by atoms with E-state index in [1.807, 2.05) is 66.4 Å². The van der Waals surface area contributed by atoms with Gasteiger partial charge in [0.25, 0.3) is 0 Å². The lowest BCUT2D eigenvalue weighted by Crippen LogP contribution is -2.19. The summed E-state index contributed by atoms with van der Waals surface area (Å²) in [6.45, 7) is 4.90. The maximum atomic E-state index is 12.2. The van der Waals surface area contributed by atoms with Crippen molar-refractivity contribution in [2.45, 2.75) is 20.3 Å². The molecule has 1 heterocycles.